The molecule has 120 valence electrons. The molecule has 2 aromatic rings. The SMILES string of the molecule is CS(=O)(=O)c1cccc(NC(=O)C2Cc3cc(Cl)ccc3O2)c1. The van der Waals surface area contributed by atoms with Crippen molar-refractivity contribution in [2.75, 3.05) is 11.6 Å². The van der Waals surface area contributed by atoms with Crippen molar-refractivity contribution >= 4 is 33.0 Å². The molecule has 7 heteroatoms. The Kier molecular flexibility index (Phi) is 4.04. The van der Waals surface area contributed by atoms with E-state index in [4.69, 9.17) is 16.3 Å². The summed E-state index contributed by atoms with van der Waals surface area (Å²) in [6, 6.07) is 11.3. The van der Waals surface area contributed by atoms with E-state index in [9.17, 15) is 13.2 Å². The average Bonchev–Trinajstić information content (AvgIpc) is 2.90. The van der Waals surface area contributed by atoms with Gasteiger partial charge in [-0.1, -0.05) is 17.7 Å². The average molecular weight is 352 g/mol. The lowest BCUT2D eigenvalue weighted by Gasteiger charge is -2.12. The van der Waals surface area contributed by atoms with Crippen LogP contribution in [-0.4, -0.2) is 26.7 Å². The maximum Gasteiger partial charge on any atom is 0.265 e. The Morgan fingerprint density at radius 3 is 2.78 bits per heavy atom. The van der Waals surface area contributed by atoms with Crippen molar-refractivity contribution in [3.8, 4) is 5.75 Å². The molecule has 1 N–H and O–H groups in total. The molecule has 0 fully saturated rings. The van der Waals surface area contributed by atoms with Gasteiger partial charge < -0.3 is 10.1 Å². The summed E-state index contributed by atoms with van der Waals surface area (Å²) in [7, 11) is -3.33. The molecule has 0 spiro atoms. The third-order valence-corrected chi connectivity index (χ3v) is 4.86. The van der Waals surface area contributed by atoms with E-state index < -0.39 is 15.9 Å². The Balaban J connectivity index is 1.74. The Labute approximate surface area is 139 Å². The van der Waals surface area contributed by atoms with Crippen LogP contribution in [0.5, 0.6) is 5.75 Å². The molecule has 2 aromatic carbocycles. The van der Waals surface area contributed by atoms with Crippen LogP contribution in [-0.2, 0) is 21.1 Å². The van der Waals surface area contributed by atoms with Gasteiger partial charge in [-0.2, -0.15) is 0 Å². The second-order valence-electron chi connectivity index (χ2n) is 5.35. The van der Waals surface area contributed by atoms with Gasteiger partial charge in [0.05, 0.1) is 4.90 Å². The lowest BCUT2D eigenvalue weighted by Crippen LogP contribution is -2.31. The van der Waals surface area contributed by atoms with Gasteiger partial charge in [-0.3, -0.25) is 4.79 Å². The van der Waals surface area contributed by atoms with Crippen LogP contribution < -0.4 is 10.1 Å². The number of rotatable bonds is 3. The molecule has 0 aromatic heterocycles. The number of hydrogen-bond donors (Lipinski definition) is 1. The van der Waals surface area contributed by atoms with Crippen molar-refractivity contribution in [2.24, 2.45) is 0 Å². The smallest absolute Gasteiger partial charge is 0.265 e. The van der Waals surface area contributed by atoms with Crippen molar-refractivity contribution in [3.63, 3.8) is 0 Å². The summed E-state index contributed by atoms with van der Waals surface area (Å²) in [5.74, 6) is 0.308. The lowest BCUT2D eigenvalue weighted by molar-refractivity contribution is -0.122. The first-order valence-electron chi connectivity index (χ1n) is 6.89. The van der Waals surface area contributed by atoms with Gasteiger partial charge in [0.15, 0.2) is 15.9 Å². The fourth-order valence-corrected chi connectivity index (χ4v) is 3.25. The Bertz CT molecular complexity index is 879. The molecule has 1 aliphatic heterocycles. The third kappa shape index (κ3) is 3.48. The number of anilines is 1. The van der Waals surface area contributed by atoms with E-state index in [0.717, 1.165) is 11.8 Å². The first-order chi connectivity index (χ1) is 10.8. The summed E-state index contributed by atoms with van der Waals surface area (Å²) < 4.78 is 28.7. The summed E-state index contributed by atoms with van der Waals surface area (Å²) in [6.45, 7) is 0. The molecule has 1 heterocycles. The predicted octanol–water partition coefficient (Wildman–Crippen LogP) is 2.69. The molecule has 0 aliphatic carbocycles. The number of nitrogens with one attached hydrogen (secondary N) is 1. The number of carbonyl (C=O) groups is 1. The highest BCUT2D eigenvalue weighted by Gasteiger charge is 2.29. The predicted molar refractivity (Wildman–Crippen MR) is 87.8 cm³/mol. The van der Waals surface area contributed by atoms with Gasteiger partial charge in [-0.25, -0.2) is 8.42 Å². The van der Waals surface area contributed by atoms with Gasteiger partial charge in [0, 0.05) is 23.4 Å². The number of fused-ring (bicyclic) bond motifs is 1. The minimum absolute atomic E-state index is 0.151. The lowest BCUT2D eigenvalue weighted by atomic mass is 10.1. The van der Waals surface area contributed by atoms with Crippen LogP contribution in [0.2, 0.25) is 5.02 Å². The van der Waals surface area contributed by atoms with E-state index in [-0.39, 0.29) is 10.8 Å². The van der Waals surface area contributed by atoms with E-state index in [1.807, 2.05) is 0 Å². The van der Waals surface area contributed by atoms with E-state index in [1.165, 1.54) is 12.1 Å². The fourth-order valence-electron chi connectivity index (χ4n) is 2.39. The van der Waals surface area contributed by atoms with E-state index in [2.05, 4.69) is 5.32 Å². The zero-order valence-corrected chi connectivity index (χ0v) is 13.8. The van der Waals surface area contributed by atoms with Crippen LogP contribution in [0, 0.1) is 0 Å². The summed E-state index contributed by atoms with van der Waals surface area (Å²) in [5, 5.41) is 3.28. The van der Waals surface area contributed by atoms with Crippen LogP contribution >= 0.6 is 11.6 Å². The molecule has 0 saturated carbocycles. The number of sulfone groups is 1. The Morgan fingerprint density at radius 1 is 1.26 bits per heavy atom. The summed E-state index contributed by atoms with van der Waals surface area (Å²) in [4.78, 5) is 12.5. The highest BCUT2D eigenvalue weighted by Crippen LogP contribution is 2.31. The van der Waals surface area contributed by atoms with E-state index in [0.29, 0.717) is 22.9 Å². The molecule has 0 bridgehead atoms. The molecular weight excluding hydrogens is 338 g/mol. The normalized spacial score (nSPS) is 16.5. The molecule has 3 rings (SSSR count). The summed E-state index contributed by atoms with van der Waals surface area (Å²) >= 11 is 5.93. The molecular formula is C16H14ClNO4S. The highest BCUT2D eigenvalue weighted by atomic mass is 35.5. The van der Waals surface area contributed by atoms with Crippen LogP contribution in [0.25, 0.3) is 0 Å². The fraction of sp³-hybridized carbons (Fsp3) is 0.188. The number of amides is 1. The molecule has 0 saturated heterocycles. The van der Waals surface area contributed by atoms with Crippen molar-refractivity contribution < 1.29 is 17.9 Å². The van der Waals surface area contributed by atoms with Gasteiger partial charge in [0.1, 0.15) is 5.75 Å². The molecule has 23 heavy (non-hydrogen) atoms. The van der Waals surface area contributed by atoms with Crippen molar-refractivity contribution in [1.82, 2.24) is 0 Å². The Morgan fingerprint density at radius 2 is 2.04 bits per heavy atom. The zero-order chi connectivity index (χ0) is 16.6. The number of halogens is 1. The van der Waals surface area contributed by atoms with Crippen molar-refractivity contribution in [3.05, 3.63) is 53.1 Å². The van der Waals surface area contributed by atoms with Crippen LogP contribution in [0.15, 0.2) is 47.4 Å². The Hall–Kier alpha value is -2.05. The monoisotopic (exact) mass is 351 g/mol. The van der Waals surface area contributed by atoms with Gasteiger partial charge in [-0.05, 0) is 42.0 Å². The summed E-state index contributed by atoms with van der Waals surface area (Å²) in [6.07, 6.45) is 0.882. The van der Waals surface area contributed by atoms with E-state index >= 15 is 0 Å². The van der Waals surface area contributed by atoms with Crippen molar-refractivity contribution in [2.45, 2.75) is 17.4 Å². The molecule has 1 aliphatic rings. The van der Waals surface area contributed by atoms with Crippen LogP contribution in [0.3, 0.4) is 0 Å². The molecule has 0 radical (unpaired) electrons. The second-order valence-corrected chi connectivity index (χ2v) is 7.80. The van der Waals surface area contributed by atoms with Crippen LogP contribution in [0.1, 0.15) is 5.56 Å². The van der Waals surface area contributed by atoms with Gasteiger partial charge >= 0.3 is 0 Å². The van der Waals surface area contributed by atoms with Gasteiger partial charge in [0.25, 0.3) is 5.91 Å². The summed E-state index contributed by atoms with van der Waals surface area (Å²) in [5.41, 5.74) is 1.29. The molecule has 1 atom stereocenters. The standard InChI is InChI=1S/C16H14ClNO4S/c1-23(20,21)13-4-2-3-12(9-13)18-16(19)15-8-10-7-11(17)5-6-14(10)22-15/h2-7,9,15H,8H2,1H3,(H,18,19). The zero-order valence-electron chi connectivity index (χ0n) is 12.2. The molecule has 5 nitrogen and oxygen atoms in total. The maximum absolute atomic E-state index is 12.3. The third-order valence-electron chi connectivity index (χ3n) is 3.52. The topological polar surface area (TPSA) is 72.5 Å². The molecule has 1 unspecified atom stereocenters. The number of hydrogen-bond acceptors (Lipinski definition) is 4. The van der Waals surface area contributed by atoms with Gasteiger partial charge in [0.2, 0.25) is 0 Å². The number of ether oxygens (including phenoxy) is 1. The van der Waals surface area contributed by atoms with E-state index in [1.54, 1.807) is 30.3 Å². The first-order valence-corrected chi connectivity index (χ1v) is 9.16. The van der Waals surface area contributed by atoms with Crippen molar-refractivity contribution in [1.29, 1.82) is 0 Å². The second kappa shape index (κ2) is 5.86. The number of carbonyl (C=O) groups excluding carboxylic acids is 1. The molecule has 1 amide bonds. The minimum Gasteiger partial charge on any atom is -0.480 e. The highest BCUT2D eigenvalue weighted by molar-refractivity contribution is 7.90. The van der Waals surface area contributed by atoms with Gasteiger partial charge in [-0.15, -0.1) is 0 Å². The number of benzene rings is 2. The first kappa shape index (κ1) is 15.8. The maximum atomic E-state index is 12.3. The minimum atomic E-state index is -3.33. The quantitative estimate of drug-likeness (QED) is 0.922. The largest absolute Gasteiger partial charge is 0.480 e. The van der Waals surface area contributed by atoms with Crippen LogP contribution in [0.4, 0.5) is 5.69 Å².